The van der Waals surface area contributed by atoms with Gasteiger partial charge in [0.2, 0.25) is 0 Å². The van der Waals surface area contributed by atoms with Crippen LogP contribution in [0, 0.1) is 0 Å². The van der Waals surface area contributed by atoms with Gasteiger partial charge in [0.15, 0.2) is 0 Å². The summed E-state index contributed by atoms with van der Waals surface area (Å²) in [7, 11) is 0. The van der Waals surface area contributed by atoms with Gasteiger partial charge in [-0.15, -0.1) is 11.3 Å². The molecule has 25 heavy (non-hydrogen) atoms. The van der Waals surface area contributed by atoms with Crippen molar-refractivity contribution in [2.45, 2.75) is 12.8 Å². The fraction of sp³-hybridized carbons (Fsp3) is 0.167. The van der Waals surface area contributed by atoms with Crippen LogP contribution in [0.1, 0.15) is 12.2 Å². The Morgan fingerprint density at radius 1 is 1.16 bits per heavy atom. The van der Waals surface area contributed by atoms with E-state index in [4.69, 9.17) is 15.8 Å². The lowest BCUT2D eigenvalue weighted by Crippen LogP contribution is -1.91. The number of imidazole rings is 1. The predicted molar refractivity (Wildman–Crippen MR) is 100 cm³/mol. The SMILES string of the molecule is Nc1ncnc2sc(-c3[nH]c(CCCO)nc3-c3ccccc3)cc12. The van der Waals surface area contributed by atoms with Crippen molar-refractivity contribution in [3.63, 3.8) is 0 Å². The van der Waals surface area contributed by atoms with Crippen LogP contribution in [0.2, 0.25) is 0 Å². The lowest BCUT2D eigenvalue weighted by atomic mass is 10.1. The van der Waals surface area contributed by atoms with E-state index in [2.05, 4.69) is 15.0 Å². The molecule has 3 heterocycles. The van der Waals surface area contributed by atoms with E-state index in [1.165, 1.54) is 6.33 Å². The second kappa shape index (κ2) is 6.62. The molecule has 0 spiro atoms. The fourth-order valence-corrected chi connectivity index (χ4v) is 3.78. The Labute approximate surface area is 148 Å². The average Bonchev–Trinajstić information content (AvgIpc) is 3.25. The van der Waals surface area contributed by atoms with Crippen LogP contribution in [0.4, 0.5) is 5.82 Å². The van der Waals surface area contributed by atoms with Crippen molar-refractivity contribution in [3.8, 4) is 21.8 Å². The highest BCUT2D eigenvalue weighted by molar-refractivity contribution is 7.21. The maximum Gasteiger partial charge on any atom is 0.135 e. The molecular formula is C18H17N5OS. The summed E-state index contributed by atoms with van der Waals surface area (Å²) in [6.07, 6.45) is 2.85. The summed E-state index contributed by atoms with van der Waals surface area (Å²) in [5.41, 5.74) is 8.85. The largest absolute Gasteiger partial charge is 0.396 e. The minimum Gasteiger partial charge on any atom is -0.396 e. The quantitative estimate of drug-likeness (QED) is 0.512. The minimum absolute atomic E-state index is 0.145. The molecule has 0 saturated carbocycles. The Kier molecular flexibility index (Phi) is 4.17. The normalized spacial score (nSPS) is 11.2. The van der Waals surface area contributed by atoms with Crippen molar-refractivity contribution in [3.05, 3.63) is 48.5 Å². The number of nitrogen functional groups attached to an aromatic ring is 1. The van der Waals surface area contributed by atoms with Crippen LogP contribution in [0.3, 0.4) is 0 Å². The zero-order valence-corrected chi connectivity index (χ0v) is 14.3. The average molecular weight is 351 g/mol. The summed E-state index contributed by atoms with van der Waals surface area (Å²) in [6.45, 7) is 0.145. The van der Waals surface area contributed by atoms with Gasteiger partial charge in [0.05, 0.1) is 21.7 Å². The van der Waals surface area contributed by atoms with Gasteiger partial charge in [-0.05, 0) is 12.5 Å². The van der Waals surface area contributed by atoms with Gasteiger partial charge >= 0.3 is 0 Å². The Balaban J connectivity index is 1.86. The van der Waals surface area contributed by atoms with Gasteiger partial charge in [-0.2, -0.15) is 0 Å². The van der Waals surface area contributed by atoms with E-state index in [1.54, 1.807) is 11.3 Å². The van der Waals surface area contributed by atoms with Crippen molar-refractivity contribution in [1.29, 1.82) is 0 Å². The van der Waals surface area contributed by atoms with Crippen molar-refractivity contribution >= 4 is 27.4 Å². The third kappa shape index (κ3) is 2.99. The molecule has 1 aromatic carbocycles. The van der Waals surface area contributed by atoms with Crippen LogP contribution in [0.15, 0.2) is 42.7 Å². The maximum atomic E-state index is 9.09. The number of thiophene rings is 1. The molecule has 4 aromatic rings. The first-order valence-electron chi connectivity index (χ1n) is 8.02. The standard InChI is InChI=1S/C18H17N5OS/c19-17-12-9-13(25-18(12)21-10-20-17)16-15(11-5-2-1-3-6-11)22-14(23-16)7-4-8-24/h1-3,5-6,9-10,24H,4,7-8H2,(H,22,23)(H2,19,20,21). The number of anilines is 1. The van der Waals surface area contributed by atoms with Gasteiger partial charge in [-0.25, -0.2) is 15.0 Å². The number of H-pyrrole nitrogens is 1. The number of aryl methyl sites for hydroxylation is 1. The molecule has 126 valence electrons. The van der Waals surface area contributed by atoms with Gasteiger partial charge < -0.3 is 15.8 Å². The van der Waals surface area contributed by atoms with E-state index in [-0.39, 0.29) is 6.61 Å². The Morgan fingerprint density at radius 2 is 2.00 bits per heavy atom. The molecule has 0 radical (unpaired) electrons. The van der Waals surface area contributed by atoms with Crippen LogP contribution in [-0.2, 0) is 6.42 Å². The number of benzene rings is 1. The number of hydrogen-bond acceptors (Lipinski definition) is 6. The van der Waals surface area contributed by atoms with E-state index < -0.39 is 0 Å². The number of aromatic amines is 1. The van der Waals surface area contributed by atoms with E-state index in [1.807, 2.05) is 36.4 Å². The summed E-state index contributed by atoms with van der Waals surface area (Å²) < 4.78 is 0. The molecule has 0 aliphatic carbocycles. The third-order valence-corrected chi connectivity index (χ3v) is 5.04. The Hall–Kier alpha value is -2.77. The van der Waals surface area contributed by atoms with Crippen molar-refractivity contribution < 1.29 is 5.11 Å². The summed E-state index contributed by atoms with van der Waals surface area (Å²) in [6, 6.07) is 12.1. The number of fused-ring (bicyclic) bond motifs is 1. The summed E-state index contributed by atoms with van der Waals surface area (Å²) >= 11 is 1.56. The van der Waals surface area contributed by atoms with E-state index in [0.29, 0.717) is 18.7 Å². The number of hydrogen-bond donors (Lipinski definition) is 3. The highest BCUT2D eigenvalue weighted by Crippen LogP contribution is 2.38. The highest BCUT2D eigenvalue weighted by atomic mass is 32.1. The second-order valence-corrected chi connectivity index (χ2v) is 6.72. The van der Waals surface area contributed by atoms with Crippen molar-refractivity contribution in [2.24, 2.45) is 0 Å². The maximum absolute atomic E-state index is 9.09. The smallest absolute Gasteiger partial charge is 0.135 e. The number of nitrogens with zero attached hydrogens (tertiary/aromatic N) is 3. The lowest BCUT2D eigenvalue weighted by Gasteiger charge is -1.99. The molecule has 0 amide bonds. The first-order valence-corrected chi connectivity index (χ1v) is 8.83. The van der Waals surface area contributed by atoms with Crippen molar-refractivity contribution in [2.75, 3.05) is 12.3 Å². The Morgan fingerprint density at radius 3 is 2.76 bits per heavy atom. The summed E-state index contributed by atoms with van der Waals surface area (Å²) in [5.74, 6) is 1.34. The van der Waals surface area contributed by atoms with Crippen LogP contribution < -0.4 is 5.73 Å². The molecule has 0 atom stereocenters. The van der Waals surface area contributed by atoms with Gasteiger partial charge in [-0.1, -0.05) is 30.3 Å². The summed E-state index contributed by atoms with van der Waals surface area (Å²) in [5, 5.41) is 9.95. The fourth-order valence-electron chi connectivity index (χ4n) is 2.77. The first kappa shape index (κ1) is 15.7. The first-order chi connectivity index (χ1) is 12.3. The molecule has 4 N–H and O–H groups in total. The number of nitrogens with two attached hydrogens (primary N) is 1. The predicted octanol–water partition coefficient (Wildman–Crippen LogP) is 3.26. The molecular weight excluding hydrogens is 334 g/mol. The topological polar surface area (TPSA) is 101 Å². The highest BCUT2D eigenvalue weighted by Gasteiger charge is 2.17. The van der Waals surface area contributed by atoms with Crippen LogP contribution in [0.25, 0.3) is 32.0 Å². The molecule has 3 aromatic heterocycles. The minimum atomic E-state index is 0.145. The number of aliphatic hydroxyl groups excluding tert-OH is 1. The van der Waals surface area contributed by atoms with Gasteiger partial charge in [-0.3, -0.25) is 0 Å². The second-order valence-electron chi connectivity index (χ2n) is 5.69. The zero-order chi connectivity index (χ0) is 17.2. The van der Waals surface area contributed by atoms with Crippen LogP contribution in [-0.4, -0.2) is 31.6 Å². The monoisotopic (exact) mass is 351 g/mol. The molecule has 6 nitrogen and oxygen atoms in total. The lowest BCUT2D eigenvalue weighted by molar-refractivity contribution is 0.287. The molecule has 0 bridgehead atoms. The number of aromatic nitrogens is 4. The molecule has 0 unspecified atom stereocenters. The Bertz CT molecular complexity index is 1010. The number of aliphatic hydroxyl groups is 1. The van der Waals surface area contributed by atoms with Crippen LogP contribution >= 0.6 is 11.3 Å². The zero-order valence-electron chi connectivity index (χ0n) is 13.4. The molecule has 0 aliphatic heterocycles. The third-order valence-electron chi connectivity index (χ3n) is 3.98. The van der Waals surface area contributed by atoms with Gasteiger partial charge in [0, 0.05) is 18.6 Å². The van der Waals surface area contributed by atoms with Crippen molar-refractivity contribution in [1.82, 2.24) is 19.9 Å². The number of nitrogens with one attached hydrogen (secondary N) is 1. The van der Waals surface area contributed by atoms with Gasteiger partial charge in [0.25, 0.3) is 0 Å². The van der Waals surface area contributed by atoms with E-state index in [0.717, 1.165) is 37.9 Å². The molecule has 4 rings (SSSR count). The number of rotatable bonds is 5. The molecule has 0 fully saturated rings. The van der Waals surface area contributed by atoms with E-state index >= 15 is 0 Å². The van der Waals surface area contributed by atoms with Gasteiger partial charge in [0.1, 0.15) is 22.8 Å². The molecule has 7 heteroatoms. The molecule has 0 saturated heterocycles. The molecule has 0 aliphatic rings. The van der Waals surface area contributed by atoms with Crippen LogP contribution in [0.5, 0.6) is 0 Å². The van der Waals surface area contributed by atoms with E-state index in [9.17, 15) is 0 Å². The summed E-state index contributed by atoms with van der Waals surface area (Å²) in [4.78, 5) is 18.4.